The van der Waals surface area contributed by atoms with Gasteiger partial charge in [0.2, 0.25) is 0 Å². The second kappa shape index (κ2) is 8.67. The molecule has 0 fully saturated rings. The van der Waals surface area contributed by atoms with Gasteiger partial charge in [-0.1, -0.05) is 35.9 Å². The number of hydrogen-bond donors (Lipinski definition) is 1. The Hall–Kier alpha value is -3.19. The number of ether oxygens (including phenoxy) is 1. The number of rotatable bonds is 6. The monoisotopic (exact) mass is 399 g/mol. The summed E-state index contributed by atoms with van der Waals surface area (Å²) in [5, 5.41) is 3.70. The van der Waals surface area contributed by atoms with Gasteiger partial charge in [0.1, 0.15) is 6.54 Å². The lowest BCUT2D eigenvalue weighted by molar-refractivity contribution is -0.149. The smallest absolute Gasteiger partial charge is 0.326 e. The van der Waals surface area contributed by atoms with Crippen LogP contribution in [0.1, 0.15) is 18.5 Å². The normalized spacial score (nSPS) is 11.8. The van der Waals surface area contributed by atoms with E-state index in [9.17, 15) is 14.4 Å². The summed E-state index contributed by atoms with van der Waals surface area (Å²) in [5.41, 5.74) is 1.04. The van der Waals surface area contributed by atoms with E-state index in [4.69, 9.17) is 16.3 Å². The zero-order valence-electron chi connectivity index (χ0n) is 15.1. The Morgan fingerprint density at radius 3 is 2.79 bits per heavy atom. The van der Waals surface area contributed by atoms with Crippen LogP contribution in [0.5, 0.6) is 0 Å². The van der Waals surface area contributed by atoms with E-state index < -0.39 is 18.5 Å². The van der Waals surface area contributed by atoms with Crippen LogP contribution in [-0.4, -0.2) is 28.0 Å². The highest BCUT2D eigenvalue weighted by atomic mass is 35.5. The molecule has 28 heavy (non-hydrogen) atoms. The molecule has 2 aromatic carbocycles. The summed E-state index contributed by atoms with van der Waals surface area (Å²) in [6.45, 7) is 1.03. The Labute approximate surface area is 165 Å². The Balaban J connectivity index is 1.55. The largest absolute Gasteiger partial charge is 0.454 e. The number of nitrogens with one attached hydrogen (secondary N) is 1. The third-order valence-electron chi connectivity index (χ3n) is 4.12. The zero-order valence-corrected chi connectivity index (χ0v) is 15.8. The topological polar surface area (TPSA) is 90.3 Å². The van der Waals surface area contributed by atoms with Crippen LogP contribution in [0.15, 0.2) is 59.7 Å². The van der Waals surface area contributed by atoms with Crippen molar-refractivity contribution < 1.29 is 14.3 Å². The van der Waals surface area contributed by atoms with Crippen molar-refractivity contribution in [2.45, 2.75) is 19.5 Å². The summed E-state index contributed by atoms with van der Waals surface area (Å²) in [6.07, 6.45) is 1.28. The predicted molar refractivity (Wildman–Crippen MR) is 105 cm³/mol. The number of benzene rings is 2. The highest BCUT2D eigenvalue weighted by Crippen LogP contribution is 2.17. The summed E-state index contributed by atoms with van der Waals surface area (Å²) in [4.78, 5) is 40.5. The third kappa shape index (κ3) is 4.75. The number of amides is 1. The van der Waals surface area contributed by atoms with Crippen LogP contribution >= 0.6 is 11.6 Å². The minimum absolute atomic E-state index is 0.294. The molecule has 0 saturated heterocycles. The first-order valence-corrected chi connectivity index (χ1v) is 8.96. The number of para-hydroxylation sites is 1. The number of halogens is 1. The van der Waals surface area contributed by atoms with E-state index in [1.807, 2.05) is 6.07 Å². The van der Waals surface area contributed by atoms with Crippen molar-refractivity contribution in [1.29, 1.82) is 0 Å². The van der Waals surface area contributed by atoms with Gasteiger partial charge in [-0.25, -0.2) is 4.98 Å². The van der Waals surface area contributed by atoms with Gasteiger partial charge in [-0.2, -0.15) is 0 Å². The molecule has 3 aromatic rings. The number of hydrogen-bond acceptors (Lipinski definition) is 5. The molecule has 7 nitrogen and oxygen atoms in total. The Morgan fingerprint density at radius 2 is 2.00 bits per heavy atom. The molecule has 8 heteroatoms. The second-order valence-electron chi connectivity index (χ2n) is 6.20. The molecule has 144 valence electrons. The zero-order chi connectivity index (χ0) is 20.1. The SMILES string of the molecule is C[C@H](NC(=O)COC(=O)Cn1cnc2ccccc2c1=O)c1cccc(Cl)c1. The lowest BCUT2D eigenvalue weighted by Crippen LogP contribution is -2.32. The van der Waals surface area contributed by atoms with Gasteiger partial charge in [-0.3, -0.25) is 19.0 Å². The van der Waals surface area contributed by atoms with Crippen molar-refractivity contribution in [3.8, 4) is 0 Å². The number of fused-ring (bicyclic) bond motifs is 1. The first kappa shape index (κ1) is 19.6. The van der Waals surface area contributed by atoms with Gasteiger partial charge >= 0.3 is 5.97 Å². The molecule has 0 saturated carbocycles. The predicted octanol–water partition coefficient (Wildman–Crippen LogP) is 2.47. The molecule has 0 aliphatic carbocycles. The van der Waals surface area contributed by atoms with Gasteiger partial charge in [0.25, 0.3) is 11.5 Å². The molecule has 0 radical (unpaired) electrons. The first-order chi connectivity index (χ1) is 13.4. The van der Waals surface area contributed by atoms with Gasteiger partial charge in [0, 0.05) is 5.02 Å². The fourth-order valence-electron chi connectivity index (χ4n) is 2.69. The molecule has 1 amide bonds. The maximum Gasteiger partial charge on any atom is 0.326 e. The Kier molecular flexibility index (Phi) is 6.06. The molecular weight excluding hydrogens is 382 g/mol. The average Bonchev–Trinajstić information content (AvgIpc) is 2.69. The van der Waals surface area contributed by atoms with E-state index >= 15 is 0 Å². The molecule has 0 bridgehead atoms. The van der Waals surface area contributed by atoms with E-state index in [0.717, 1.165) is 10.1 Å². The molecule has 1 atom stereocenters. The van der Waals surface area contributed by atoms with Crippen LogP contribution in [0.25, 0.3) is 10.9 Å². The number of aromatic nitrogens is 2. The van der Waals surface area contributed by atoms with E-state index in [0.29, 0.717) is 15.9 Å². The van der Waals surface area contributed by atoms with Crippen LogP contribution < -0.4 is 10.9 Å². The number of esters is 1. The number of carbonyl (C=O) groups excluding carboxylic acids is 2. The summed E-state index contributed by atoms with van der Waals surface area (Å²) < 4.78 is 6.12. The molecule has 0 aliphatic rings. The highest BCUT2D eigenvalue weighted by Gasteiger charge is 2.13. The van der Waals surface area contributed by atoms with Crippen molar-refractivity contribution in [3.63, 3.8) is 0 Å². The third-order valence-corrected chi connectivity index (χ3v) is 4.36. The van der Waals surface area contributed by atoms with Crippen molar-refractivity contribution >= 4 is 34.4 Å². The highest BCUT2D eigenvalue weighted by molar-refractivity contribution is 6.30. The van der Waals surface area contributed by atoms with Crippen LogP contribution in [0.3, 0.4) is 0 Å². The molecule has 0 aliphatic heterocycles. The fourth-order valence-corrected chi connectivity index (χ4v) is 2.89. The summed E-state index contributed by atoms with van der Waals surface area (Å²) in [6, 6.07) is 13.7. The molecule has 0 spiro atoms. The van der Waals surface area contributed by atoms with Crippen LogP contribution in [0.2, 0.25) is 5.02 Å². The minimum atomic E-state index is -0.704. The van der Waals surface area contributed by atoms with E-state index in [1.165, 1.54) is 6.33 Å². The van der Waals surface area contributed by atoms with Gasteiger partial charge in [-0.05, 0) is 36.8 Å². The molecule has 3 rings (SSSR count). The van der Waals surface area contributed by atoms with Crippen molar-refractivity contribution in [2.75, 3.05) is 6.61 Å². The van der Waals surface area contributed by atoms with E-state index in [-0.39, 0.29) is 18.1 Å². The summed E-state index contributed by atoms with van der Waals surface area (Å²) >= 11 is 5.94. The lowest BCUT2D eigenvalue weighted by Gasteiger charge is -2.14. The van der Waals surface area contributed by atoms with Crippen molar-refractivity contribution in [1.82, 2.24) is 14.9 Å². The average molecular weight is 400 g/mol. The fraction of sp³-hybridized carbons (Fsp3) is 0.200. The summed E-state index contributed by atoms with van der Waals surface area (Å²) in [7, 11) is 0. The van der Waals surface area contributed by atoms with Crippen LogP contribution in [-0.2, 0) is 20.9 Å². The van der Waals surface area contributed by atoms with E-state index in [1.54, 1.807) is 49.4 Å². The van der Waals surface area contributed by atoms with Gasteiger partial charge in [0.15, 0.2) is 6.61 Å². The minimum Gasteiger partial charge on any atom is -0.454 e. The summed E-state index contributed by atoms with van der Waals surface area (Å²) in [5.74, 6) is -1.16. The number of carbonyl (C=O) groups is 2. The van der Waals surface area contributed by atoms with Crippen molar-refractivity contribution in [3.05, 3.63) is 75.8 Å². The van der Waals surface area contributed by atoms with Gasteiger partial charge < -0.3 is 10.1 Å². The van der Waals surface area contributed by atoms with E-state index in [2.05, 4.69) is 10.3 Å². The van der Waals surface area contributed by atoms with Crippen LogP contribution in [0, 0.1) is 0 Å². The first-order valence-electron chi connectivity index (χ1n) is 8.58. The standard InChI is InChI=1S/C20H18ClN3O4/c1-13(14-5-4-6-15(21)9-14)23-18(25)11-28-19(26)10-24-12-22-17-8-3-2-7-16(17)20(24)27/h2-9,12-13H,10-11H2,1H3,(H,23,25)/t13-/m0/s1. The molecule has 1 aromatic heterocycles. The Bertz CT molecular complexity index is 1080. The molecule has 0 unspecified atom stereocenters. The van der Waals surface area contributed by atoms with Gasteiger partial charge in [0.05, 0.1) is 23.3 Å². The van der Waals surface area contributed by atoms with Gasteiger partial charge in [-0.15, -0.1) is 0 Å². The van der Waals surface area contributed by atoms with Crippen LogP contribution in [0.4, 0.5) is 0 Å². The maximum atomic E-state index is 12.4. The number of nitrogens with zero attached hydrogens (tertiary/aromatic N) is 2. The maximum absolute atomic E-state index is 12.4. The molecule has 1 N–H and O–H groups in total. The Morgan fingerprint density at radius 1 is 1.21 bits per heavy atom. The molecular formula is C20H18ClN3O4. The quantitative estimate of drug-likeness (QED) is 0.643. The second-order valence-corrected chi connectivity index (χ2v) is 6.64. The van der Waals surface area contributed by atoms with Crippen molar-refractivity contribution in [2.24, 2.45) is 0 Å². The molecule has 1 heterocycles. The lowest BCUT2D eigenvalue weighted by atomic mass is 10.1.